The zero-order valence-electron chi connectivity index (χ0n) is 18.2. The summed E-state index contributed by atoms with van der Waals surface area (Å²) in [6, 6.07) is 19.8. The number of halogens is 1. The fraction of sp³-hybridized carbons (Fsp3) is 0.286. The topological polar surface area (TPSA) is 41.6 Å². The summed E-state index contributed by atoms with van der Waals surface area (Å²) >= 11 is 0. The van der Waals surface area contributed by atoms with Crippen LogP contribution in [0.15, 0.2) is 66.9 Å². The smallest absolute Gasteiger partial charge is 0.123 e. The molecule has 1 aliphatic rings. The quantitative estimate of drug-likeness (QED) is 0.327. The third-order valence-electron chi connectivity index (χ3n) is 7.48. The Balaban J connectivity index is 1.24. The highest BCUT2D eigenvalue weighted by atomic mass is 19.1. The van der Waals surface area contributed by atoms with Gasteiger partial charge in [-0.1, -0.05) is 37.3 Å². The van der Waals surface area contributed by atoms with Crippen LogP contribution in [-0.2, 0) is 0 Å². The molecule has 0 saturated heterocycles. The Labute approximate surface area is 186 Å². The molecule has 1 atom stereocenters. The average Bonchev–Trinajstić information content (AvgIpc) is 3.28. The minimum atomic E-state index is -0.188. The number of fused-ring (bicyclic) bond motifs is 4. The molecule has 2 heterocycles. The summed E-state index contributed by atoms with van der Waals surface area (Å²) in [4.78, 5) is 13.1. The molecule has 2 aromatic heterocycles. The molecule has 0 bridgehead atoms. The van der Waals surface area contributed by atoms with E-state index < -0.39 is 0 Å². The Kier molecular flexibility index (Phi) is 4.67. The summed E-state index contributed by atoms with van der Waals surface area (Å²) in [5, 5.41) is 3.40. The molecule has 3 nitrogen and oxygen atoms in total. The van der Waals surface area contributed by atoms with Crippen molar-refractivity contribution in [2.45, 2.75) is 44.4 Å². The second-order valence-corrected chi connectivity index (χ2v) is 9.27. The average molecular weight is 424 g/mol. The predicted octanol–water partition coefficient (Wildman–Crippen LogP) is 7.48. The molecule has 32 heavy (non-hydrogen) atoms. The molecular weight excluding hydrogens is 397 g/mol. The number of imidazole rings is 1. The number of H-pyrrole nitrogens is 1. The largest absolute Gasteiger partial charge is 0.342 e. The summed E-state index contributed by atoms with van der Waals surface area (Å²) in [6.45, 7) is 2.31. The van der Waals surface area contributed by atoms with E-state index >= 15 is 0 Å². The first kappa shape index (κ1) is 19.4. The molecule has 3 aromatic carbocycles. The van der Waals surface area contributed by atoms with Crippen molar-refractivity contribution >= 4 is 32.7 Å². The first-order valence-corrected chi connectivity index (χ1v) is 11.6. The van der Waals surface area contributed by atoms with Crippen molar-refractivity contribution in [2.24, 2.45) is 5.92 Å². The van der Waals surface area contributed by atoms with Crippen molar-refractivity contribution < 1.29 is 4.39 Å². The van der Waals surface area contributed by atoms with E-state index in [1.54, 1.807) is 12.1 Å². The van der Waals surface area contributed by atoms with E-state index in [-0.39, 0.29) is 5.82 Å². The second kappa shape index (κ2) is 7.70. The molecule has 1 unspecified atom stereocenters. The molecule has 4 heteroatoms. The Morgan fingerprint density at radius 2 is 1.78 bits per heavy atom. The van der Waals surface area contributed by atoms with E-state index in [1.165, 1.54) is 22.4 Å². The van der Waals surface area contributed by atoms with Crippen LogP contribution < -0.4 is 0 Å². The first-order chi connectivity index (χ1) is 15.7. The highest BCUT2D eigenvalue weighted by molar-refractivity contribution is 6.04. The van der Waals surface area contributed by atoms with Crippen LogP contribution in [0.1, 0.15) is 55.8 Å². The number of benzene rings is 3. The first-order valence-electron chi connectivity index (χ1n) is 11.6. The normalized spacial score (nSPS) is 20.2. The minimum Gasteiger partial charge on any atom is -0.342 e. The number of rotatable bonds is 3. The van der Waals surface area contributed by atoms with E-state index in [9.17, 15) is 4.39 Å². The highest BCUT2D eigenvalue weighted by Crippen LogP contribution is 2.43. The molecule has 5 aromatic rings. The SMILES string of the molecule is CC(c1nc2c(ccc3ccccc32)[nH]1)C1CCC(c2ccnc3ccc(F)cc23)CC1. The van der Waals surface area contributed by atoms with Gasteiger partial charge in [-0.05, 0) is 78.8 Å². The molecule has 1 aliphatic carbocycles. The number of hydrogen-bond donors (Lipinski definition) is 1. The van der Waals surface area contributed by atoms with Crippen molar-refractivity contribution in [2.75, 3.05) is 0 Å². The zero-order valence-corrected chi connectivity index (χ0v) is 18.2. The number of aromatic nitrogens is 3. The summed E-state index contributed by atoms with van der Waals surface area (Å²) in [6.07, 6.45) is 6.41. The molecule has 1 saturated carbocycles. The third-order valence-corrected chi connectivity index (χ3v) is 7.48. The summed E-state index contributed by atoms with van der Waals surface area (Å²) in [5.41, 5.74) is 4.32. The monoisotopic (exact) mass is 423 g/mol. The molecule has 0 amide bonds. The molecule has 1 N–H and O–H groups in total. The molecule has 0 spiro atoms. The molecule has 0 aliphatic heterocycles. The molecule has 0 radical (unpaired) electrons. The fourth-order valence-electron chi connectivity index (χ4n) is 5.63. The molecule has 160 valence electrons. The van der Waals surface area contributed by atoms with Crippen LogP contribution in [0.2, 0.25) is 0 Å². The van der Waals surface area contributed by atoms with Crippen LogP contribution >= 0.6 is 0 Å². The van der Waals surface area contributed by atoms with Gasteiger partial charge in [0.2, 0.25) is 0 Å². The summed E-state index contributed by atoms with van der Waals surface area (Å²) < 4.78 is 13.9. The van der Waals surface area contributed by atoms with Gasteiger partial charge in [0.1, 0.15) is 11.6 Å². The van der Waals surface area contributed by atoms with Gasteiger partial charge >= 0.3 is 0 Å². The Morgan fingerprint density at radius 1 is 0.938 bits per heavy atom. The maximum absolute atomic E-state index is 13.9. The lowest BCUT2D eigenvalue weighted by Gasteiger charge is -2.32. The van der Waals surface area contributed by atoms with E-state index in [0.29, 0.717) is 17.8 Å². The van der Waals surface area contributed by atoms with Crippen LogP contribution in [0, 0.1) is 11.7 Å². The van der Waals surface area contributed by atoms with Crippen molar-refractivity contribution in [3.63, 3.8) is 0 Å². The van der Waals surface area contributed by atoms with Gasteiger partial charge in [-0.2, -0.15) is 0 Å². The van der Waals surface area contributed by atoms with Crippen molar-refractivity contribution in [1.29, 1.82) is 0 Å². The van der Waals surface area contributed by atoms with Gasteiger partial charge < -0.3 is 4.98 Å². The summed E-state index contributed by atoms with van der Waals surface area (Å²) in [7, 11) is 0. The van der Waals surface area contributed by atoms with Gasteiger partial charge in [0.25, 0.3) is 0 Å². The third kappa shape index (κ3) is 3.26. The second-order valence-electron chi connectivity index (χ2n) is 9.27. The number of aromatic amines is 1. The standard InChI is InChI=1S/C28H26FN3/c1-17(28-31-26-12-10-19-4-2-3-5-23(19)27(26)32-28)18-6-8-20(9-7-18)22-14-15-30-25-13-11-21(29)16-24(22)25/h2-5,10-18,20H,6-9H2,1H3,(H,31,32). The van der Waals surface area contributed by atoms with Crippen molar-refractivity contribution in [3.8, 4) is 0 Å². The van der Waals surface area contributed by atoms with Gasteiger partial charge in [0, 0.05) is 22.9 Å². The van der Waals surface area contributed by atoms with Gasteiger partial charge in [-0.3, -0.25) is 4.98 Å². The number of hydrogen-bond acceptors (Lipinski definition) is 2. The fourth-order valence-corrected chi connectivity index (χ4v) is 5.63. The summed E-state index contributed by atoms with van der Waals surface area (Å²) in [5.74, 6) is 2.35. The van der Waals surface area contributed by atoms with Gasteiger partial charge in [-0.15, -0.1) is 0 Å². The highest BCUT2D eigenvalue weighted by Gasteiger charge is 2.29. The van der Waals surface area contributed by atoms with Crippen LogP contribution in [0.5, 0.6) is 0 Å². The van der Waals surface area contributed by atoms with Crippen LogP contribution in [-0.4, -0.2) is 15.0 Å². The van der Waals surface area contributed by atoms with Crippen LogP contribution in [0.3, 0.4) is 0 Å². The van der Waals surface area contributed by atoms with E-state index in [1.807, 2.05) is 6.20 Å². The number of nitrogens with zero attached hydrogens (tertiary/aromatic N) is 2. The maximum Gasteiger partial charge on any atom is 0.123 e. The van der Waals surface area contributed by atoms with Crippen molar-refractivity contribution in [1.82, 2.24) is 15.0 Å². The Morgan fingerprint density at radius 3 is 2.66 bits per heavy atom. The lowest BCUT2D eigenvalue weighted by atomic mass is 9.73. The number of nitrogens with one attached hydrogen (secondary N) is 1. The van der Waals surface area contributed by atoms with Gasteiger partial charge in [-0.25, -0.2) is 9.37 Å². The van der Waals surface area contributed by atoms with Crippen molar-refractivity contribution in [3.05, 3.63) is 84.1 Å². The predicted molar refractivity (Wildman–Crippen MR) is 128 cm³/mol. The van der Waals surface area contributed by atoms with Crippen LogP contribution in [0.4, 0.5) is 4.39 Å². The molecule has 1 fully saturated rings. The Hall–Kier alpha value is -3.27. The molecule has 6 rings (SSSR count). The lowest BCUT2D eigenvalue weighted by Crippen LogP contribution is -2.19. The van der Waals surface area contributed by atoms with E-state index in [0.717, 1.165) is 53.4 Å². The lowest BCUT2D eigenvalue weighted by molar-refractivity contribution is 0.286. The van der Waals surface area contributed by atoms with Crippen LogP contribution in [0.25, 0.3) is 32.7 Å². The van der Waals surface area contributed by atoms with Gasteiger partial charge in [0.15, 0.2) is 0 Å². The number of pyridine rings is 1. The molecular formula is C28H26FN3. The maximum atomic E-state index is 13.9. The zero-order chi connectivity index (χ0) is 21.7. The van der Waals surface area contributed by atoms with E-state index in [2.05, 4.69) is 59.4 Å². The minimum absolute atomic E-state index is 0.188. The Bertz CT molecular complexity index is 1430. The van der Waals surface area contributed by atoms with E-state index in [4.69, 9.17) is 4.98 Å². The van der Waals surface area contributed by atoms with Gasteiger partial charge in [0.05, 0.1) is 16.6 Å².